The lowest BCUT2D eigenvalue weighted by atomic mass is 10.1. The molecule has 21 heavy (non-hydrogen) atoms. The highest BCUT2D eigenvalue weighted by molar-refractivity contribution is 5.70. The Morgan fingerprint density at radius 3 is 2.57 bits per heavy atom. The van der Waals surface area contributed by atoms with Crippen LogP contribution in [0.1, 0.15) is 18.2 Å². The number of aromatic nitrogens is 2. The van der Waals surface area contributed by atoms with Gasteiger partial charge < -0.3 is 9.67 Å². The Labute approximate surface area is 118 Å². The average Bonchev–Trinajstić information content (AvgIpc) is 2.79. The highest BCUT2D eigenvalue weighted by atomic mass is 19.4. The second-order valence-electron chi connectivity index (χ2n) is 4.43. The third-order valence-corrected chi connectivity index (χ3v) is 3.06. The van der Waals surface area contributed by atoms with Gasteiger partial charge in [-0.25, -0.2) is 4.98 Å². The third kappa shape index (κ3) is 3.07. The summed E-state index contributed by atoms with van der Waals surface area (Å²) in [6.45, 7) is 2.07. The van der Waals surface area contributed by atoms with E-state index in [9.17, 15) is 18.0 Å². The van der Waals surface area contributed by atoms with Gasteiger partial charge in [0.15, 0.2) is 0 Å². The summed E-state index contributed by atoms with van der Waals surface area (Å²) >= 11 is 0. The lowest BCUT2D eigenvalue weighted by Crippen LogP contribution is -2.11. The third-order valence-electron chi connectivity index (χ3n) is 3.06. The molecule has 7 heteroatoms. The van der Waals surface area contributed by atoms with Gasteiger partial charge in [-0.3, -0.25) is 4.79 Å². The van der Waals surface area contributed by atoms with E-state index in [4.69, 9.17) is 5.11 Å². The molecule has 4 nitrogen and oxygen atoms in total. The Hall–Kier alpha value is -2.31. The second kappa shape index (κ2) is 5.59. The molecule has 0 fully saturated rings. The van der Waals surface area contributed by atoms with Crippen molar-refractivity contribution in [2.45, 2.75) is 26.1 Å². The Kier molecular flexibility index (Phi) is 4.02. The number of benzene rings is 1. The van der Waals surface area contributed by atoms with Crippen molar-refractivity contribution in [2.75, 3.05) is 0 Å². The van der Waals surface area contributed by atoms with E-state index in [-0.39, 0.29) is 17.8 Å². The van der Waals surface area contributed by atoms with E-state index in [0.717, 1.165) is 6.07 Å². The zero-order valence-corrected chi connectivity index (χ0v) is 11.2. The number of halogens is 3. The first-order chi connectivity index (χ1) is 9.84. The molecule has 1 aromatic carbocycles. The smallest absolute Gasteiger partial charge is 0.417 e. The van der Waals surface area contributed by atoms with Crippen LogP contribution >= 0.6 is 0 Å². The fourth-order valence-corrected chi connectivity index (χ4v) is 2.20. The number of aliphatic carboxylic acids is 1. The van der Waals surface area contributed by atoms with Crippen LogP contribution in [-0.4, -0.2) is 20.6 Å². The van der Waals surface area contributed by atoms with Crippen molar-refractivity contribution in [1.82, 2.24) is 9.55 Å². The van der Waals surface area contributed by atoms with Crippen LogP contribution in [0.25, 0.3) is 11.4 Å². The van der Waals surface area contributed by atoms with E-state index < -0.39 is 17.7 Å². The minimum atomic E-state index is -4.49. The van der Waals surface area contributed by atoms with Gasteiger partial charge in [0, 0.05) is 24.0 Å². The number of carbonyl (C=O) groups is 1. The summed E-state index contributed by atoms with van der Waals surface area (Å²) < 4.78 is 40.7. The summed E-state index contributed by atoms with van der Waals surface area (Å²) in [6, 6.07) is 5.13. The molecule has 0 saturated carbocycles. The van der Waals surface area contributed by atoms with Gasteiger partial charge in [-0.05, 0) is 13.0 Å². The van der Waals surface area contributed by atoms with Crippen LogP contribution in [0, 0.1) is 0 Å². The molecule has 1 heterocycles. The van der Waals surface area contributed by atoms with E-state index in [1.165, 1.54) is 29.0 Å². The van der Waals surface area contributed by atoms with E-state index in [0.29, 0.717) is 12.2 Å². The van der Waals surface area contributed by atoms with Crippen molar-refractivity contribution in [1.29, 1.82) is 0 Å². The Morgan fingerprint density at radius 1 is 1.33 bits per heavy atom. The van der Waals surface area contributed by atoms with Crippen LogP contribution in [-0.2, 0) is 23.9 Å². The highest BCUT2D eigenvalue weighted by Gasteiger charge is 2.34. The topological polar surface area (TPSA) is 55.1 Å². The maximum absolute atomic E-state index is 13.1. The summed E-state index contributed by atoms with van der Waals surface area (Å²) in [5.41, 5.74) is -0.465. The Balaban J connectivity index is 2.58. The molecule has 0 amide bonds. The molecule has 0 unspecified atom stereocenters. The average molecular weight is 298 g/mol. The largest absolute Gasteiger partial charge is 0.481 e. The van der Waals surface area contributed by atoms with Crippen LogP contribution in [0.4, 0.5) is 13.2 Å². The van der Waals surface area contributed by atoms with Gasteiger partial charge in [0.1, 0.15) is 5.82 Å². The monoisotopic (exact) mass is 298 g/mol. The molecule has 2 rings (SSSR count). The predicted octanol–water partition coefficient (Wildman–Crippen LogP) is 3.22. The number of rotatable bonds is 4. The van der Waals surface area contributed by atoms with Gasteiger partial charge in [-0.1, -0.05) is 18.2 Å². The van der Waals surface area contributed by atoms with E-state index in [1.807, 2.05) is 0 Å². The molecule has 0 atom stereocenters. The normalized spacial score (nSPS) is 11.6. The summed E-state index contributed by atoms with van der Waals surface area (Å²) in [5.74, 6) is -0.929. The molecule has 0 aliphatic heterocycles. The zero-order chi connectivity index (χ0) is 15.6. The van der Waals surface area contributed by atoms with Crippen molar-refractivity contribution in [3.8, 4) is 11.4 Å². The van der Waals surface area contributed by atoms with Crippen molar-refractivity contribution in [3.63, 3.8) is 0 Å². The first-order valence-corrected chi connectivity index (χ1v) is 6.27. The highest BCUT2D eigenvalue weighted by Crippen LogP contribution is 2.36. The number of hydrogen-bond acceptors (Lipinski definition) is 2. The van der Waals surface area contributed by atoms with Gasteiger partial charge in [-0.2, -0.15) is 13.2 Å². The number of carboxylic acid groups (broad SMARTS) is 1. The number of hydrogen-bond donors (Lipinski definition) is 1. The maximum Gasteiger partial charge on any atom is 0.417 e. The van der Waals surface area contributed by atoms with Gasteiger partial charge in [0.2, 0.25) is 0 Å². The molecule has 1 aromatic heterocycles. The molecule has 2 aromatic rings. The van der Waals surface area contributed by atoms with Crippen molar-refractivity contribution < 1.29 is 23.1 Å². The van der Waals surface area contributed by atoms with Crippen LogP contribution < -0.4 is 0 Å². The number of alkyl halides is 3. The number of carboxylic acids is 1. The lowest BCUT2D eigenvalue weighted by Gasteiger charge is -2.14. The Morgan fingerprint density at radius 2 is 2.00 bits per heavy atom. The zero-order valence-electron chi connectivity index (χ0n) is 11.2. The summed E-state index contributed by atoms with van der Waals surface area (Å²) in [7, 11) is 0. The fraction of sp³-hybridized carbons (Fsp3) is 0.286. The van der Waals surface area contributed by atoms with E-state index in [2.05, 4.69) is 4.98 Å². The van der Waals surface area contributed by atoms with E-state index >= 15 is 0 Å². The van der Waals surface area contributed by atoms with Crippen LogP contribution in [0.15, 0.2) is 30.5 Å². The number of imidazole rings is 1. The fourth-order valence-electron chi connectivity index (χ4n) is 2.20. The minimum absolute atomic E-state index is 0.0523. The lowest BCUT2D eigenvalue weighted by molar-refractivity contribution is -0.137. The standard InChI is InChI=1S/C14H13F3N2O2/c1-2-19-9(7-12(20)21)8-18-13(19)10-5-3-4-6-11(10)14(15,16)17/h3-6,8H,2,7H2,1H3,(H,20,21). The van der Waals surface area contributed by atoms with Crippen molar-refractivity contribution in [2.24, 2.45) is 0 Å². The SMILES string of the molecule is CCn1c(CC(=O)O)cnc1-c1ccccc1C(F)(F)F. The van der Waals surface area contributed by atoms with Crippen LogP contribution in [0.2, 0.25) is 0 Å². The molecule has 0 bridgehead atoms. The molecule has 0 aliphatic rings. The Bertz CT molecular complexity index is 662. The van der Waals surface area contributed by atoms with Crippen molar-refractivity contribution in [3.05, 3.63) is 41.7 Å². The van der Waals surface area contributed by atoms with Crippen LogP contribution in [0.3, 0.4) is 0 Å². The first-order valence-electron chi connectivity index (χ1n) is 6.27. The molecule has 0 saturated heterocycles. The summed E-state index contributed by atoms with van der Waals surface area (Å²) in [5, 5.41) is 8.83. The van der Waals surface area contributed by atoms with Gasteiger partial charge >= 0.3 is 12.1 Å². The van der Waals surface area contributed by atoms with Crippen LogP contribution in [0.5, 0.6) is 0 Å². The number of nitrogens with zero attached hydrogens (tertiary/aromatic N) is 2. The maximum atomic E-state index is 13.1. The minimum Gasteiger partial charge on any atom is -0.481 e. The summed E-state index contributed by atoms with van der Waals surface area (Å²) in [4.78, 5) is 14.8. The van der Waals surface area contributed by atoms with Gasteiger partial charge in [0.05, 0.1) is 12.0 Å². The first kappa shape index (κ1) is 15.1. The molecule has 0 aliphatic carbocycles. The summed E-state index contributed by atoms with van der Waals surface area (Å²) in [6.07, 6.45) is -3.47. The molecule has 0 spiro atoms. The van der Waals surface area contributed by atoms with Gasteiger partial charge in [0.25, 0.3) is 0 Å². The molecule has 112 valence electrons. The molecular formula is C14H13F3N2O2. The molecule has 0 radical (unpaired) electrons. The molecule has 1 N–H and O–H groups in total. The van der Waals surface area contributed by atoms with Gasteiger partial charge in [-0.15, -0.1) is 0 Å². The quantitative estimate of drug-likeness (QED) is 0.943. The predicted molar refractivity (Wildman–Crippen MR) is 69.7 cm³/mol. The molecular weight excluding hydrogens is 285 g/mol. The van der Waals surface area contributed by atoms with E-state index in [1.54, 1.807) is 6.92 Å². The van der Waals surface area contributed by atoms with Crippen molar-refractivity contribution >= 4 is 5.97 Å². The second-order valence-corrected chi connectivity index (χ2v) is 4.43.